The molecule has 6 N–H and O–H groups in total. The number of carbonyl (C=O) groups excluding carboxylic acids is 1. The highest BCUT2D eigenvalue weighted by Gasteiger charge is 2.21. The smallest absolute Gasteiger partial charge is 0.260 e. The molecule has 0 aliphatic carbocycles. The number of nitrogen functional groups attached to an aromatic ring is 1. The number of rotatable bonds is 5. The monoisotopic (exact) mass is 445 g/mol. The molecule has 0 saturated heterocycles. The number of nitrogens with two attached hydrogens (primary N) is 2. The maximum Gasteiger partial charge on any atom is 0.260 e. The Morgan fingerprint density at radius 3 is 2.63 bits per heavy atom. The number of amides is 1. The first-order valence-electron chi connectivity index (χ1n) is 7.55. The van der Waals surface area contributed by atoms with Gasteiger partial charge in [0.25, 0.3) is 5.91 Å². The van der Waals surface area contributed by atoms with Gasteiger partial charge in [-0.25, -0.2) is 9.97 Å². The van der Waals surface area contributed by atoms with E-state index in [9.17, 15) is 9.90 Å². The fraction of sp³-hybridized carbons (Fsp3) is 0.188. The zero-order chi connectivity index (χ0) is 19.0. The summed E-state index contributed by atoms with van der Waals surface area (Å²) in [7, 11) is 0. The Bertz CT molecular complexity index is 1010. The molecule has 3 rings (SSSR count). The Hall–Kier alpha value is -1.78. The number of nitrogens with one attached hydrogen (secondary N) is 1. The molecule has 0 aliphatic rings. The molecule has 2 aromatic heterocycles. The summed E-state index contributed by atoms with van der Waals surface area (Å²) in [5.41, 5.74) is 12.9. The van der Waals surface area contributed by atoms with Gasteiger partial charge in [0.1, 0.15) is 9.71 Å². The molecular formula is C16H17Cl2N5O2S2. The minimum Gasteiger partial charge on any atom is -0.397 e. The summed E-state index contributed by atoms with van der Waals surface area (Å²) in [6.07, 6.45) is -0.586. The van der Waals surface area contributed by atoms with Crippen LogP contribution in [-0.4, -0.2) is 33.6 Å². The second kappa shape index (κ2) is 8.49. The molecule has 0 aliphatic heterocycles. The average Bonchev–Trinajstić information content (AvgIpc) is 2.92. The van der Waals surface area contributed by atoms with Crippen LogP contribution < -0.4 is 16.8 Å². The highest BCUT2D eigenvalue weighted by Crippen LogP contribution is 2.40. The molecule has 1 aromatic carbocycles. The number of benzene rings is 1. The number of aliphatic hydroxyl groups excluding tert-OH is 1. The van der Waals surface area contributed by atoms with Crippen molar-refractivity contribution in [2.45, 2.75) is 13.0 Å². The fourth-order valence-electron chi connectivity index (χ4n) is 2.38. The molecule has 1 amide bonds. The van der Waals surface area contributed by atoms with E-state index < -0.39 is 12.0 Å². The number of halogens is 2. The Balaban J connectivity index is 0.00000261. The van der Waals surface area contributed by atoms with Crippen LogP contribution in [0.3, 0.4) is 0 Å². The second-order valence-corrected chi connectivity index (χ2v) is 7.46. The molecule has 1 atom stereocenters. The van der Waals surface area contributed by atoms with Gasteiger partial charge in [-0.2, -0.15) is 13.5 Å². The summed E-state index contributed by atoms with van der Waals surface area (Å²) < 4.78 is 0. The SMILES string of the molecule is C[C@H](O)CNc1nc(-c2ccc(Cl)c(Cl)c2)c2c(N)c(C(N)=O)sc2n1.S. The Morgan fingerprint density at radius 1 is 1.33 bits per heavy atom. The van der Waals surface area contributed by atoms with Crippen molar-refractivity contribution >= 4 is 75.8 Å². The normalized spacial score (nSPS) is 11.9. The Kier molecular flexibility index (Phi) is 6.77. The zero-order valence-corrected chi connectivity index (χ0v) is 17.4. The molecule has 7 nitrogen and oxygen atoms in total. The molecule has 0 bridgehead atoms. The van der Waals surface area contributed by atoms with Gasteiger partial charge in [0, 0.05) is 12.1 Å². The van der Waals surface area contributed by atoms with Crippen LogP contribution in [0.15, 0.2) is 18.2 Å². The fourth-order valence-corrected chi connectivity index (χ4v) is 3.62. The predicted molar refractivity (Wildman–Crippen MR) is 116 cm³/mol. The number of hydrogen-bond donors (Lipinski definition) is 4. The number of fused-ring (bicyclic) bond motifs is 1. The third-order valence-corrected chi connectivity index (χ3v) is 5.41. The first-order chi connectivity index (χ1) is 12.3. The summed E-state index contributed by atoms with van der Waals surface area (Å²) in [5, 5.41) is 13.7. The van der Waals surface area contributed by atoms with Crippen LogP contribution in [0.4, 0.5) is 11.6 Å². The lowest BCUT2D eigenvalue weighted by Crippen LogP contribution is -2.17. The van der Waals surface area contributed by atoms with Crippen LogP contribution in [0, 0.1) is 0 Å². The zero-order valence-electron chi connectivity index (χ0n) is 14.1. The lowest BCUT2D eigenvalue weighted by atomic mass is 10.1. The Morgan fingerprint density at radius 2 is 2.04 bits per heavy atom. The third kappa shape index (κ3) is 4.39. The van der Waals surface area contributed by atoms with Crippen LogP contribution in [0.5, 0.6) is 0 Å². The molecule has 0 radical (unpaired) electrons. The van der Waals surface area contributed by atoms with Gasteiger partial charge in [-0.1, -0.05) is 29.3 Å². The lowest BCUT2D eigenvalue weighted by Gasteiger charge is -2.10. The van der Waals surface area contributed by atoms with Crippen molar-refractivity contribution in [2.24, 2.45) is 5.73 Å². The van der Waals surface area contributed by atoms with E-state index in [1.54, 1.807) is 25.1 Å². The first kappa shape index (κ1) is 21.5. The van der Waals surface area contributed by atoms with Gasteiger partial charge < -0.3 is 21.9 Å². The molecule has 11 heteroatoms. The third-order valence-electron chi connectivity index (χ3n) is 3.56. The maximum absolute atomic E-state index is 11.7. The number of aliphatic hydroxyl groups is 1. The minimum absolute atomic E-state index is 0. The first-order valence-corrected chi connectivity index (χ1v) is 9.12. The topological polar surface area (TPSA) is 127 Å². The van der Waals surface area contributed by atoms with Gasteiger partial charge in [-0.15, -0.1) is 11.3 Å². The highest BCUT2D eigenvalue weighted by molar-refractivity contribution is 7.59. The average molecular weight is 446 g/mol. The van der Waals surface area contributed by atoms with Gasteiger partial charge in [-0.05, 0) is 19.1 Å². The summed E-state index contributed by atoms with van der Waals surface area (Å²) in [6.45, 7) is 1.90. The van der Waals surface area contributed by atoms with E-state index in [-0.39, 0.29) is 36.6 Å². The lowest BCUT2D eigenvalue weighted by molar-refractivity contribution is 0.100. The summed E-state index contributed by atoms with van der Waals surface area (Å²) in [5.74, 6) is -0.346. The van der Waals surface area contributed by atoms with E-state index in [0.717, 1.165) is 11.3 Å². The predicted octanol–water partition coefficient (Wildman–Crippen LogP) is 3.25. The Labute approximate surface area is 176 Å². The second-order valence-electron chi connectivity index (χ2n) is 5.64. The van der Waals surface area contributed by atoms with Crippen LogP contribution >= 0.6 is 48.0 Å². The van der Waals surface area contributed by atoms with E-state index in [2.05, 4.69) is 15.3 Å². The molecule has 0 spiro atoms. The molecule has 2 heterocycles. The highest BCUT2D eigenvalue weighted by atomic mass is 35.5. The molecule has 27 heavy (non-hydrogen) atoms. The van der Waals surface area contributed by atoms with Gasteiger partial charge in [-0.3, -0.25) is 4.79 Å². The molecule has 0 unspecified atom stereocenters. The van der Waals surface area contributed by atoms with E-state index in [4.69, 9.17) is 34.7 Å². The number of primary amides is 1. The van der Waals surface area contributed by atoms with Crippen molar-refractivity contribution in [1.29, 1.82) is 0 Å². The largest absolute Gasteiger partial charge is 0.397 e. The van der Waals surface area contributed by atoms with Crippen molar-refractivity contribution in [2.75, 3.05) is 17.6 Å². The number of hydrogen-bond acceptors (Lipinski definition) is 7. The molecule has 144 valence electrons. The van der Waals surface area contributed by atoms with Crippen molar-refractivity contribution < 1.29 is 9.90 Å². The van der Waals surface area contributed by atoms with Gasteiger partial charge >= 0.3 is 0 Å². The van der Waals surface area contributed by atoms with Crippen LogP contribution in [-0.2, 0) is 0 Å². The van der Waals surface area contributed by atoms with Crippen molar-refractivity contribution in [3.8, 4) is 11.3 Å². The number of anilines is 2. The number of nitrogens with zero attached hydrogens (tertiary/aromatic N) is 2. The van der Waals surface area contributed by atoms with Crippen LogP contribution in [0.1, 0.15) is 16.6 Å². The van der Waals surface area contributed by atoms with Crippen molar-refractivity contribution in [3.05, 3.63) is 33.1 Å². The maximum atomic E-state index is 11.7. The van der Waals surface area contributed by atoms with E-state index in [1.807, 2.05) is 0 Å². The molecule has 0 fully saturated rings. The molecular weight excluding hydrogens is 429 g/mol. The van der Waals surface area contributed by atoms with Gasteiger partial charge in [0.2, 0.25) is 5.95 Å². The van der Waals surface area contributed by atoms with E-state index in [0.29, 0.717) is 31.5 Å². The standard InChI is InChI=1S/C16H15Cl2N5O2S.H2S/c1-6(24)5-21-16-22-12(7-2-3-8(17)9(18)4-7)10-11(19)13(14(20)25)26-15(10)23-16;/h2-4,6,24H,5,19H2,1H3,(H2,20,25)(H,21,22,23);1H2/t6-;/m0./s1. The van der Waals surface area contributed by atoms with Gasteiger partial charge in [0.05, 0.1) is 32.9 Å². The minimum atomic E-state index is -0.635. The van der Waals surface area contributed by atoms with Crippen LogP contribution in [0.2, 0.25) is 10.0 Å². The quantitative estimate of drug-likeness (QED) is 0.477. The summed E-state index contributed by atoms with van der Waals surface area (Å²) in [4.78, 5) is 21.2. The molecule has 3 aromatic rings. The number of carbonyl (C=O) groups is 1. The summed E-state index contributed by atoms with van der Waals surface area (Å²) in [6, 6.07) is 5.05. The molecule has 0 saturated carbocycles. The number of aromatic nitrogens is 2. The summed E-state index contributed by atoms with van der Waals surface area (Å²) >= 11 is 13.2. The van der Waals surface area contributed by atoms with Crippen molar-refractivity contribution in [3.63, 3.8) is 0 Å². The van der Waals surface area contributed by atoms with E-state index in [1.165, 1.54) is 0 Å². The van der Waals surface area contributed by atoms with E-state index >= 15 is 0 Å². The van der Waals surface area contributed by atoms with Crippen molar-refractivity contribution in [1.82, 2.24) is 9.97 Å². The number of thiophene rings is 1. The van der Waals surface area contributed by atoms with Gasteiger partial charge in [0.15, 0.2) is 0 Å². The van der Waals surface area contributed by atoms with Crippen LogP contribution in [0.25, 0.3) is 21.5 Å².